The molecule has 19 heavy (non-hydrogen) atoms. The summed E-state index contributed by atoms with van der Waals surface area (Å²) in [5, 5.41) is 7.19. The molecular formula is C13H13N3O2S. The lowest BCUT2D eigenvalue weighted by molar-refractivity contribution is 0.592. The Kier molecular flexibility index (Phi) is 3.35. The van der Waals surface area contributed by atoms with Gasteiger partial charge in [0.1, 0.15) is 5.84 Å². The van der Waals surface area contributed by atoms with Crippen LogP contribution < -0.4 is 5.73 Å². The number of nitrogens with zero attached hydrogens (tertiary/aromatic N) is 1. The summed E-state index contributed by atoms with van der Waals surface area (Å²) in [6.07, 6.45) is 1.28. The number of aryl methyl sites for hydroxylation is 1. The van der Waals surface area contributed by atoms with Gasteiger partial charge in [0.25, 0.3) is 0 Å². The number of rotatable bonds is 3. The summed E-state index contributed by atoms with van der Waals surface area (Å²) in [7, 11) is -3.63. The van der Waals surface area contributed by atoms with Gasteiger partial charge in [-0.1, -0.05) is 12.1 Å². The van der Waals surface area contributed by atoms with Crippen molar-refractivity contribution in [3.8, 4) is 0 Å². The van der Waals surface area contributed by atoms with E-state index in [0.717, 1.165) is 5.56 Å². The number of benzene rings is 1. The molecule has 1 heterocycles. The zero-order chi connectivity index (χ0) is 14.0. The maximum Gasteiger partial charge on any atom is 0.223 e. The second-order valence-electron chi connectivity index (χ2n) is 4.12. The predicted molar refractivity (Wildman–Crippen MR) is 71.9 cm³/mol. The van der Waals surface area contributed by atoms with E-state index in [1.54, 1.807) is 12.1 Å². The maximum atomic E-state index is 12.3. The Morgan fingerprint density at radius 3 is 2.53 bits per heavy atom. The van der Waals surface area contributed by atoms with E-state index >= 15 is 0 Å². The molecule has 0 aliphatic rings. The molecule has 3 N–H and O–H groups in total. The molecule has 6 heteroatoms. The van der Waals surface area contributed by atoms with Crippen LogP contribution in [-0.4, -0.2) is 19.2 Å². The fourth-order valence-corrected chi connectivity index (χ4v) is 2.88. The Labute approximate surface area is 111 Å². The van der Waals surface area contributed by atoms with Gasteiger partial charge in [0.15, 0.2) is 5.03 Å². The van der Waals surface area contributed by atoms with E-state index in [9.17, 15) is 8.42 Å². The second-order valence-corrected chi connectivity index (χ2v) is 6.02. The minimum absolute atomic E-state index is 0.0527. The highest BCUT2D eigenvalue weighted by atomic mass is 32.2. The molecule has 98 valence electrons. The largest absolute Gasteiger partial charge is 0.384 e. The summed E-state index contributed by atoms with van der Waals surface area (Å²) in [6, 6.07) is 9.46. The molecule has 0 radical (unpaired) electrons. The molecule has 0 aliphatic carbocycles. The Hall–Kier alpha value is -2.21. The Morgan fingerprint density at radius 1 is 1.26 bits per heavy atom. The maximum absolute atomic E-state index is 12.3. The van der Waals surface area contributed by atoms with E-state index in [1.807, 2.05) is 13.0 Å². The molecule has 0 aliphatic heterocycles. The van der Waals surface area contributed by atoms with E-state index in [4.69, 9.17) is 11.1 Å². The molecule has 0 unspecified atom stereocenters. The van der Waals surface area contributed by atoms with Crippen LogP contribution in [0.1, 0.15) is 11.1 Å². The second kappa shape index (κ2) is 4.81. The molecule has 2 aromatic rings. The lowest BCUT2D eigenvalue weighted by Crippen LogP contribution is -2.12. The van der Waals surface area contributed by atoms with Gasteiger partial charge in [0.2, 0.25) is 9.84 Å². The fourth-order valence-electron chi connectivity index (χ4n) is 1.60. The monoisotopic (exact) mass is 275 g/mol. The van der Waals surface area contributed by atoms with Crippen molar-refractivity contribution in [1.29, 1.82) is 5.41 Å². The zero-order valence-corrected chi connectivity index (χ0v) is 11.1. The zero-order valence-electron chi connectivity index (χ0n) is 10.3. The molecule has 0 fully saturated rings. The van der Waals surface area contributed by atoms with Crippen molar-refractivity contribution in [3.63, 3.8) is 0 Å². The normalized spacial score (nSPS) is 11.2. The van der Waals surface area contributed by atoms with Crippen LogP contribution in [0.5, 0.6) is 0 Å². The van der Waals surface area contributed by atoms with Gasteiger partial charge in [-0.05, 0) is 36.8 Å². The Balaban J connectivity index is 2.48. The number of nitrogens with two attached hydrogens (primary N) is 1. The van der Waals surface area contributed by atoms with E-state index in [2.05, 4.69) is 4.98 Å². The standard InChI is InChI=1S/C13H13N3O2S/c1-9-3-2-4-11(7-9)19(17,18)12-6-5-10(8-16-12)13(14)15/h2-8H,1H3,(H3,14,15). The van der Waals surface area contributed by atoms with Crippen molar-refractivity contribution < 1.29 is 8.42 Å². The van der Waals surface area contributed by atoms with Crippen molar-refractivity contribution in [2.24, 2.45) is 5.73 Å². The average molecular weight is 275 g/mol. The number of nitrogens with one attached hydrogen (secondary N) is 1. The van der Waals surface area contributed by atoms with E-state index in [1.165, 1.54) is 24.4 Å². The molecular weight excluding hydrogens is 262 g/mol. The number of nitrogen functional groups attached to an aromatic ring is 1. The van der Waals surface area contributed by atoms with Gasteiger partial charge >= 0.3 is 0 Å². The summed E-state index contributed by atoms with van der Waals surface area (Å²) >= 11 is 0. The SMILES string of the molecule is Cc1cccc(S(=O)(=O)c2ccc(C(=N)N)cn2)c1. The number of hydrogen-bond donors (Lipinski definition) is 2. The van der Waals surface area contributed by atoms with Crippen molar-refractivity contribution >= 4 is 15.7 Å². The topological polar surface area (TPSA) is 96.9 Å². The molecule has 0 saturated heterocycles. The lowest BCUT2D eigenvalue weighted by atomic mass is 10.2. The van der Waals surface area contributed by atoms with Gasteiger partial charge in [0, 0.05) is 11.8 Å². The molecule has 0 bridgehead atoms. The molecule has 0 amide bonds. The van der Waals surface area contributed by atoms with Gasteiger partial charge in [-0.2, -0.15) is 0 Å². The average Bonchev–Trinajstić information content (AvgIpc) is 2.39. The number of pyridine rings is 1. The highest BCUT2D eigenvalue weighted by Gasteiger charge is 2.19. The quantitative estimate of drug-likeness (QED) is 0.655. The van der Waals surface area contributed by atoms with Crippen LogP contribution in [0.3, 0.4) is 0 Å². The first-order chi connectivity index (χ1) is 8.91. The molecule has 1 aromatic heterocycles. The summed E-state index contributed by atoms with van der Waals surface area (Å²) in [5.74, 6) is -0.146. The van der Waals surface area contributed by atoms with Crippen molar-refractivity contribution in [2.45, 2.75) is 16.8 Å². The van der Waals surface area contributed by atoms with Crippen molar-refractivity contribution in [1.82, 2.24) is 4.98 Å². The lowest BCUT2D eigenvalue weighted by Gasteiger charge is -2.05. The van der Waals surface area contributed by atoms with Crippen LogP contribution in [0.15, 0.2) is 52.5 Å². The van der Waals surface area contributed by atoms with Gasteiger partial charge in [0.05, 0.1) is 4.90 Å². The van der Waals surface area contributed by atoms with Crippen LogP contribution in [-0.2, 0) is 9.84 Å². The van der Waals surface area contributed by atoms with Crippen LogP contribution in [0.25, 0.3) is 0 Å². The van der Waals surface area contributed by atoms with E-state index in [0.29, 0.717) is 5.56 Å². The molecule has 2 rings (SSSR count). The van der Waals surface area contributed by atoms with E-state index in [-0.39, 0.29) is 15.8 Å². The fraction of sp³-hybridized carbons (Fsp3) is 0.0769. The van der Waals surface area contributed by atoms with Gasteiger partial charge in [-0.25, -0.2) is 13.4 Å². The van der Waals surface area contributed by atoms with Crippen LogP contribution >= 0.6 is 0 Å². The van der Waals surface area contributed by atoms with Crippen molar-refractivity contribution in [3.05, 3.63) is 53.7 Å². The van der Waals surface area contributed by atoms with Gasteiger partial charge < -0.3 is 5.73 Å². The van der Waals surface area contributed by atoms with Crippen LogP contribution in [0.2, 0.25) is 0 Å². The first-order valence-corrected chi connectivity index (χ1v) is 7.02. The molecule has 0 spiro atoms. The van der Waals surface area contributed by atoms with Crippen molar-refractivity contribution in [2.75, 3.05) is 0 Å². The summed E-state index contributed by atoms with van der Waals surface area (Å²) < 4.78 is 24.6. The minimum Gasteiger partial charge on any atom is -0.384 e. The molecule has 0 atom stereocenters. The third kappa shape index (κ3) is 2.63. The van der Waals surface area contributed by atoms with Gasteiger partial charge in [-0.3, -0.25) is 5.41 Å². The third-order valence-electron chi connectivity index (χ3n) is 2.62. The number of hydrogen-bond acceptors (Lipinski definition) is 4. The summed E-state index contributed by atoms with van der Waals surface area (Å²) in [6.45, 7) is 1.82. The van der Waals surface area contributed by atoms with Crippen LogP contribution in [0.4, 0.5) is 0 Å². The predicted octanol–water partition coefficient (Wildman–Crippen LogP) is 1.51. The Morgan fingerprint density at radius 2 is 2.00 bits per heavy atom. The molecule has 5 nitrogen and oxygen atoms in total. The smallest absolute Gasteiger partial charge is 0.223 e. The van der Waals surface area contributed by atoms with Gasteiger partial charge in [-0.15, -0.1) is 0 Å². The Bertz CT molecular complexity index is 722. The highest BCUT2D eigenvalue weighted by Crippen LogP contribution is 2.19. The third-order valence-corrected chi connectivity index (χ3v) is 4.29. The summed E-state index contributed by atoms with van der Waals surface area (Å²) in [5.41, 5.74) is 6.55. The number of amidine groups is 1. The van der Waals surface area contributed by atoms with Crippen LogP contribution in [0, 0.1) is 12.3 Å². The highest BCUT2D eigenvalue weighted by molar-refractivity contribution is 7.91. The first kappa shape index (κ1) is 13.2. The number of sulfone groups is 1. The van der Waals surface area contributed by atoms with E-state index < -0.39 is 9.84 Å². The number of aromatic nitrogens is 1. The minimum atomic E-state index is -3.63. The first-order valence-electron chi connectivity index (χ1n) is 5.53. The molecule has 1 aromatic carbocycles. The molecule has 0 saturated carbocycles. The summed E-state index contributed by atoms with van der Waals surface area (Å²) in [4.78, 5) is 4.07.